The maximum atomic E-state index is 5.96. The zero-order valence-corrected chi connectivity index (χ0v) is 12.0. The van der Waals surface area contributed by atoms with E-state index in [9.17, 15) is 0 Å². The Balaban J connectivity index is 2.03. The topological polar surface area (TPSA) is 78.9 Å². The number of ether oxygens (including phenoxy) is 1. The van der Waals surface area contributed by atoms with E-state index >= 15 is 0 Å². The van der Waals surface area contributed by atoms with Crippen LogP contribution >= 0.6 is 11.6 Å². The number of tetrazole rings is 1. The second-order valence-electron chi connectivity index (χ2n) is 5.26. The van der Waals surface area contributed by atoms with Gasteiger partial charge in [-0.25, -0.2) is 4.68 Å². The van der Waals surface area contributed by atoms with Gasteiger partial charge in [0.15, 0.2) is 5.82 Å². The summed E-state index contributed by atoms with van der Waals surface area (Å²) in [7, 11) is 0. The minimum Gasteiger partial charge on any atom is -0.398 e. The van der Waals surface area contributed by atoms with Crippen molar-refractivity contribution in [3.05, 3.63) is 23.2 Å². The number of aromatic nitrogens is 4. The molecule has 20 heavy (non-hydrogen) atoms. The van der Waals surface area contributed by atoms with Gasteiger partial charge in [-0.1, -0.05) is 11.6 Å². The fourth-order valence-corrected chi connectivity index (χ4v) is 2.55. The summed E-state index contributed by atoms with van der Waals surface area (Å²) in [6.45, 7) is 3.59. The molecule has 0 spiro atoms. The molecule has 7 heteroatoms. The molecule has 1 fully saturated rings. The number of hydrogen-bond donors (Lipinski definition) is 1. The molecule has 0 aliphatic carbocycles. The second kappa shape index (κ2) is 5.03. The van der Waals surface area contributed by atoms with E-state index in [0.29, 0.717) is 16.5 Å². The van der Waals surface area contributed by atoms with Crippen molar-refractivity contribution < 1.29 is 4.74 Å². The molecule has 0 unspecified atom stereocenters. The van der Waals surface area contributed by atoms with Crippen LogP contribution in [0.5, 0.6) is 0 Å². The van der Waals surface area contributed by atoms with Crippen LogP contribution in [-0.4, -0.2) is 33.4 Å². The molecule has 0 radical (unpaired) electrons. The minimum atomic E-state index is -0.133. The molecule has 0 saturated carbocycles. The second-order valence-corrected chi connectivity index (χ2v) is 5.67. The molecule has 3 rings (SSSR count). The standard InChI is InChI=1S/C13H16ClN5O/c1-13(4-6-20-7-5-13)19-12(16-17-18-19)9-2-3-10(14)11(15)8-9/h2-3,8H,4-7,15H2,1H3. The van der Waals surface area contributed by atoms with Gasteiger partial charge in [0.25, 0.3) is 0 Å². The van der Waals surface area contributed by atoms with Crippen LogP contribution in [0.4, 0.5) is 5.69 Å². The van der Waals surface area contributed by atoms with Crippen LogP contribution in [0, 0.1) is 0 Å². The highest BCUT2D eigenvalue weighted by atomic mass is 35.5. The van der Waals surface area contributed by atoms with Crippen LogP contribution in [0.15, 0.2) is 18.2 Å². The molecule has 6 nitrogen and oxygen atoms in total. The highest BCUT2D eigenvalue weighted by Gasteiger charge is 2.33. The van der Waals surface area contributed by atoms with Crippen LogP contribution in [0.2, 0.25) is 5.02 Å². The van der Waals surface area contributed by atoms with Crippen molar-refractivity contribution in [1.29, 1.82) is 0 Å². The maximum absolute atomic E-state index is 5.96. The smallest absolute Gasteiger partial charge is 0.182 e. The zero-order chi connectivity index (χ0) is 14.2. The number of nitrogen functional groups attached to an aromatic ring is 1. The zero-order valence-electron chi connectivity index (χ0n) is 11.2. The molecule has 1 aromatic carbocycles. The van der Waals surface area contributed by atoms with E-state index in [1.165, 1.54) is 0 Å². The monoisotopic (exact) mass is 293 g/mol. The predicted molar refractivity (Wildman–Crippen MR) is 76.4 cm³/mol. The number of anilines is 1. The summed E-state index contributed by atoms with van der Waals surface area (Å²) in [6, 6.07) is 5.44. The third-order valence-electron chi connectivity index (χ3n) is 3.81. The van der Waals surface area contributed by atoms with Gasteiger partial charge in [0.05, 0.1) is 16.2 Å². The third-order valence-corrected chi connectivity index (χ3v) is 4.15. The molecule has 106 valence electrons. The molecule has 0 atom stereocenters. The Bertz CT molecular complexity index is 621. The normalized spacial score (nSPS) is 18.1. The summed E-state index contributed by atoms with van der Waals surface area (Å²) < 4.78 is 7.30. The van der Waals surface area contributed by atoms with Crippen molar-refractivity contribution >= 4 is 17.3 Å². The van der Waals surface area contributed by atoms with E-state index in [-0.39, 0.29) is 5.54 Å². The Hall–Kier alpha value is -1.66. The SMILES string of the molecule is CC1(n2nnnc2-c2ccc(Cl)c(N)c2)CCOCC1. The van der Waals surface area contributed by atoms with Gasteiger partial charge in [-0.05, 0) is 48.4 Å². The number of benzene rings is 1. The molecule has 1 aliphatic heterocycles. The van der Waals surface area contributed by atoms with E-state index < -0.39 is 0 Å². The lowest BCUT2D eigenvalue weighted by atomic mass is 9.92. The van der Waals surface area contributed by atoms with Crippen molar-refractivity contribution in [3.63, 3.8) is 0 Å². The average Bonchev–Trinajstić information content (AvgIpc) is 2.93. The predicted octanol–water partition coefficient (Wildman–Crippen LogP) is 2.10. The summed E-state index contributed by atoms with van der Waals surface area (Å²) in [5, 5.41) is 12.7. The van der Waals surface area contributed by atoms with Crippen molar-refractivity contribution in [2.24, 2.45) is 0 Å². The summed E-state index contributed by atoms with van der Waals surface area (Å²) in [5.41, 5.74) is 7.11. The summed E-state index contributed by atoms with van der Waals surface area (Å²) in [4.78, 5) is 0. The average molecular weight is 294 g/mol. The molecular weight excluding hydrogens is 278 g/mol. The number of rotatable bonds is 2. The fourth-order valence-electron chi connectivity index (χ4n) is 2.44. The molecule has 2 aromatic rings. The van der Waals surface area contributed by atoms with Crippen LogP contribution in [-0.2, 0) is 10.3 Å². The highest BCUT2D eigenvalue weighted by molar-refractivity contribution is 6.33. The number of nitrogens with zero attached hydrogens (tertiary/aromatic N) is 4. The molecule has 0 bridgehead atoms. The highest BCUT2D eigenvalue weighted by Crippen LogP contribution is 2.32. The first-order valence-corrected chi connectivity index (χ1v) is 6.90. The molecule has 0 amide bonds. The third kappa shape index (κ3) is 2.25. The van der Waals surface area contributed by atoms with Gasteiger partial charge in [-0.3, -0.25) is 0 Å². The Kier molecular flexibility index (Phi) is 3.35. The van der Waals surface area contributed by atoms with Crippen molar-refractivity contribution in [3.8, 4) is 11.4 Å². The van der Waals surface area contributed by atoms with E-state index in [0.717, 1.165) is 31.6 Å². The Morgan fingerprint density at radius 1 is 1.35 bits per heavy atom. The number of nitrogens with two attached hydrogens (primary N) is 1. The van der Waals surface area contributed by atoms with Gasteiger partial charge in [-0.15, -0.1) is 5.10 Å². The molecule has 1 aromatic heterocycles. The van der Waals surface area contributed by atoms with E-state index in [2.05, 4.69) is 22.4 Å². The van der Waals surface area contributed by atoms with Crippen LogP contribution < -0.4 is 5.73 Å². The molecule has 1 saturated heterocycles. The molecule has 2 heterocycles. The Labute approximate surface area is 121 Å². The summed E-state index contributed by atoms with van der Waals surface area (Å²) in [6.07, 6.45) is 1.77. The van der Waals surface area contributed by atoms with Crippen LogP contribution in [0.25, 0.3) is 11.4 Å². The lowest BCUT2D eigenvalue weighted by Gasteiger charge is -2.33. The first-order chi connectivity index (χ1) is 9.60. The maximum Gasteiger partial charge on any atom is 0.182 e. The fraction of sp³-hybridized carbons (Fsp3) is 0.462. The van der Waals surface area contributed by atoms with E-state index in [4.69, 9.17) is 22.1 Å². The first-order valence-electron chi connectivity index (χ1n) is 6.52. The Morgan fingerprint density at radius 3 is 2.80 bits per heavy atom. The number of halogens is 1. The number of hydrogen-bond acceptors (Lipinski definition) is 5. The summed E-state index contributed by atoms with van der Waals surface area (Å²) in [5.74, 6) is 0.706. The molecule has 2 N–H and O–H groups in total. The van der Waals surface area contributed by atoms with E-state index in [1.54, 1.807) is 12.1 Å². The van der Waals surface area contributed by atoms with Crippen molar-refractivity contribution in [1.82, 2.24) is 20.2 Å². The van der Waals surface area contributed by atoms with Crippen LogP contribution in [0.3, 0.4) is 0 Å². The van der Waals surface area contributed by atoms with Crippen LogP contribution in [0.1, 0.15) is 19.8 Å². The van der Waals surface area contributed by atoms with Gasteiger partial charge in [-0.2, -0.15) is 0 Å². The largest absolute Gasteiger partial charge is 0.398 e. The van der Waals surface area contributed by atoms with Crippen molar-refractivity contribution in [2.45, 2.75) is 25.3 Å². The first kappa shape index (κ1) is 13.3. The van der Waals surface area contributed by atoms with Gasteiger partial charge >= 0.3 is 0 Å². The quantitative estimate of drug-likeness (QED) is 0.858. The van der Waals surface area contributed by atoms with Gasteiger partial charge < -0.3 is 10.5 Å². The lowest BCUT2D eigenvalue weighted by Crippen LogP contribution is -2.38. The van der Waals surface area contributed by atoms with Gasteiger partial charge in [0.1, 0.15) is 0 Å². The van der Waals surface area contributed by atoms with Gasteiger partial charge in [0, 0.05) is 18.8 Å². The minimum absolute atomic E-state index is 0.133. The molecular formula is C13H16ClN5O. The Morgan fingerprint density at radius 2 is 2.10 bits per heavy atom. The van der Waals surface area contributed by atoms with E-state index in [1.807, 2.05) is 10.7 Å². The van der Waals surface area contributed by atoms with Gasteiger partial charge in [0.2, 0.25) is 0 Å². The van der Waals surface area contributed by atoms with Crippen molar-refractivity contribution in [2.75, 3.05) is 18.9 Å². The molecule has 1 aliphatic rings. The lowest BCUT2D eigenvalue weighted by molar-refractivity contribution is 0.0240. The summed E-state index contributed by atoms with van der Waals surface area (Å²) >= 11 is 5.96.